The number of rotatable bonds is 2. The van der Waals surface area contributed by atoms with Gasteiger partial charge in [0.15, 0.2) is 0 Å². The van der Waals surface area contributed by atoms with E-state index in [9.17, 15) is 0 Å². The zero-order valence-electron chi connectivity index (χ0n) is 7.84. The van der Waals surface area contributed by atoms with E-state index in [4.69, 9.17) is 0 Å². The highest BCUT2D eigenvalue weighted by atomic mass is 14.5. The Morgan fingerprint density at radius 3 is 2.36 bits per heavy atom. The maximum absolute atomic E-state index is 2.46. The third-order valence-corrected chi connectivity index (χ3v) is 4.05. The first-order chi connectivity index (χ1) is 5.33. The van der Waals surface area contributed by atoms with Gasteiger partial charge in [0.25, 0.3) is 0 Å². The highest BCUT2D eigenvalue weighted by Gasteiger charge is 2.45. The highest BCUT2D eigenvalue weighted by molar-refractivity contribution is 4.95. The van der Waals surface area contributed by atoms with Crippen molar-refractivity contribution in [1.29, 1.82) is 0 Å². The Morgan fingerprint density at radius 2 is 1.91 bits per heavy atom. The van der Waals surface area contributed by atoms with E-state index in [1.54, 1.807) is 19.3 Å². The molecule has 0 spiro atoms. The molecule has 2 fully saturated rings. The van der Waals surface area contributed by atoms with Crippen molar-refractivity contribution in [2.75, 3.05) is 0 Å². The van der Waals surface area contributed by atoms with Gasteiger partial charge in [0.05, 0.1) is 0 Å². The molecule has 0 aromatic carbocycles. The summed E-state index contributed by atoms with van der Waals surface area (Å²) >= 11 is 0. The fourth-order valence-corrected chi connectivity index (χ4v) is 3.37. The van der Waals surface area contributed by atoms with Crippen LogP contribution in [0.2, 0.25) is 0 Å². The largest absolute Gasteiger partial charge is 0.0654 e. The molecule has 0 amide bonds. The normalized spacial score (nSPS) is 48.5. The lowest BCUT2D eigenvalue weighted by molar-refractivity contribution is 0.144. The molecule has 2 rings (SSSR count). The Labute approximate surface area is 70.4 Å². The second-order valence-electron chi connectivity index (χ2n) is 4.67. The smallest absolute Gasteiger partial charge is 0.0355 e. The Balaban J connectivity index is 1.93. The minimum atomic E-state index is 1.06. The summed E-state index contributed by atoms with van der Waals surface area (Å²) in [6.07, 6.45) is 7.56. The second-order valence-corrected chi connectivity index (χ2v) is 4.67. The third kappa shape index (κ3) is 1.11. The predicted molar refractivity (Wildman–Crippen MR) is 48.4 cm³/mol. The SMILES string of the molecule is CCCC1CC(C)C2CCC12. The molecule has 2 saturated carbocycles. The summed E-state index contributed by atoms with van der Waals surface area (Å²) in [6.45, 7) is 4.79. The quantitative estimate of drug-likeness (QED) is 0.568. The van der Waals surface area contributed by atoms with Crippen molar-refractivity contribution in [3.8, 4) is 0 Å². The van der Waals surface area contributed by atoms with E-state index in [0.29, 0.717) is 0 Å². The molecule has 0 nitrogen and oxygen atoms in total. The van der Waals surface area contributed by atoms with E-state index in [0.717, 1.165) is 23.7 Å². The van der Waals surface area contributed by atoms with Gasteiger partial charge < -0.3 is 0 Å². The van der Waals surface area contributed by atoms with E-state index in [2.05, 4.69) is 13.8 Å². The molecule has 0 bridgehead atoms. The van der Waals surface area contributed by atoms with Gasteiger partial charge >= 0.3 is 0 Å². The minimum absolute atomic E-state index is 1.06. The molecule has 11 heavy (non-hydrogen) atoms. The maximum Gasteiger partial charge on any atom is -0.0355 e. The lowest BCUT2D eigenvalue weighted by Gasteiger charge is -2.35. The summed E-state index contributed by atoms with van der Waals surface area (Å²) in [5.41, 5.74) is 0. The van der Waals surface area contributed by atoms with Crippen LogP contribution in [0.3, 0.4) is 0 Å². The van der Waals surface area contributed by atoms with E-state index >= 15 is 0 Å². The monoisotopic (exact) mass is 152 g/mol. The first-order valence-corrected chi connectivity index (χ1v) is 5.33. The van der Waals surface area contributed by atoms with Gasteiger partial charge in [-0.3, -0.25) is 0 Å². The summed E-state index contributed by atoms with van der Waals surface area (Å²) in [4.78, 5) is 0. The van der Waals surface area contributed by atoms with Crippen LogP contribution in [-0.4, -0.2) is 0 Å². The predicted octanol–water partition coefficient (Wildman–Crippen LogP) is 3.47. The molecular formula is C11H20. The van der Waals surface area contributed by atoms with Crippen LogP contribution in [0.4, 0.5) is 0 Å². The van der Waals surface area contributed by atoms with E-state index in [1.807, 2.05) is 0 Å². The van der Waals surface area contributed by atoms with Crippen LogP contribution in [0, 0.1) is 23.7 Å². The zero-order chi connectivity index (χ0) is 7.84. The van der Waals surface area contributed by atoms with Crippen LogP contribution in [0.15, 0.2) is 0 Å². The van der Waals surface area contributed by atoms with E-state index in [-0.39, 0.29) is 0 Å². The van der Waals surface area contributed by atoms with Crippen molar-refractivity contribution < 1.29 is 0 Å². The Kier molecular flexibility index (Phi) is 1.95. The fraction of sp³-hybridized carbons (Fsp3) is 1.00. The van der Waals surface area contributed by atoms with Gasteiger partial charge in [-0.25, -0.2) is 0 Å². The zero-order valence-corrected chi connectivity index (χ0v) is 7.84. The van der Waals surface area contributed by atoms with Crippen LogP contribution in [0.5, 0.6) is 0 Å². The molecule has 0 radical (unpaired) electrons. The Morgan fingerprint density at radius 1 is 1.18 bits per heavy atom. The molecule has 0 saturated heterocycles. The molecule has 2 aliphatic carbocycles. The van der Waals surface area contributed by atoms with Crippen LogP contribution >= 0.6 is 0 Å². The van der Waals surface area contributed by atoms with Gasteiger partial charge in [0.2, 0.25) is 0 Å². The van der Waals surface area contributed by atoms with Crippen molar-refractivity contribution in [2.45, 2.75) is 46.0 Å². The Bertz CT molecular complexity index is 139. The molecule has 64 valence electrons. The fourth-order valence-electron chi connectivity index (χ4n) is 3.37. The molecule has 2 aliphatic rings. The van der Waals surface area contributed by atoms with Gasteiger partial charge in [-0.2, -0.15) is 0 Å². The average molecular weight is 152 g/mol. The molecule has 0 aromatic rings. The first-order valence-electron chi connectivity index (χ1n) is 5.33. The highest BCUT2D eigenvalue weighted by Crippen LogP contribution is 2.54. The van der Waals surface area contributed by atoms with Crippen molar-refractivity contribution >= 4 is 0 Å². The van der Waals surface area contributed by atoms with Crippen molar-refractivity contribution in [3.05, 3.63) is 0 Å². The molecule has 0 N–H and O–H groups in total. The summed E-state index contributed by atoms with van der Waals surface area (Å²) < 4.78 is 0. The van der Waals surface area contributed by atoms with E-state index in [1.165, 1.54) is 12.8 Å². The van der Waals surface area contributed by atoms with Crippen LogP contribution in [0.25, 0.3) is 0 Å². The van der Waals surface area contributed by atoms with Crippen molar-refractivity contribution in [1.82, 2.24) is 0 Å². The molecule has 0 heterocycles. The van der Waals surface area contributed by atoms with Crippen LogP contribution < -0.4 is 0 Å². The lowest BCUT2D eigenvalue weighted by atomic mass is 9.70. The van der Waals surface area contributed by atoms with Crippen LogP contribution in [-0.2, 0) is 0 Å². The minimum Gasteiger partial charge on any atom is -0.0654 e. The van der Waals surface area contributed by atoms with Gasteiger partial charge in [-0.15, -0.1) is 0 Å². The van der Waals surface area contributed by atoms with E-state index < -0.39 is 0 Å². The third-order valence-electron chi connectivity index (χ3n) is 4.05. The average Bonchev–Trinajstić information content (AvgIpc) is 2.02. The molecular weight excluding hydrogens is 132 g/mol. The summed E-state index contributed by atoms with van der Waals surface area (Å²) in [7, 11) is 0. The molecule has 0 aliphatic heterocycles. The molecule has 4 unspecified atom stereocenters. The van der Waals surface area contributed by atoms with Gasteiger partial charge in [0, 0.05) is 0 Å². The molecule has 0 heteroatoms. The van der Waals surface area contributed by atoms with Gasteiger partial charge in [0.1, 0.15) is 0 Å². The van der Waals surface area contributed by atoms with Crippen molar-refractivity contribution in [3.63, 3.8) is 0 Å². The number of fused-ring (bicyclic) bond motifs is 1. The molecule has 0 aromatic heterocycles. The second kappa shape index (κ2) is 2.80. The first kappa shape index (κ1) is 7.64. The topological polar surface area (TPSA) is 0 Å². The standard InChI is InChI=1S/C11H20/c1-3-4-9-7-8(2)10-5-6-11(9)10/h8-11H,3-7H2,1-2H3. The summed E-state index contributed by atoms with van der Waals surface area (Å²) in [5.74, 6) is 4.48. The number of hydrogen-bond donors (Lipinski definition) is 0. The summed E-state index contributed by atoms with van der Waals surface area (Å²) in [5, 5.41) is 0. The van der Waals surface area contributed by atoms with Gasteiger partial charge in [-0.1, -0.05) is 26.7 Å². The maximum atomic E-state index is 2.46. The lowest BCUT2D eigenvalue weighted by Crippen LogP contribution is -2.27. The van der Waals surface area contributed by atoms with Crippen LogP contribution in [0.1, 0.15) is 46.0 Å². The van der Waals surface area contributed by atoms with Gasteiger partial charge in [-0.05, 0) is 42.9 Å². The summed E-state index contributed by atoms with van der Waals surface area (Å²) in [6, 6.07) is 0. The Hall–Kier alpha value is 0. The van der Waals surface area contributed by atoms with Crippen molar-refractivity contribution in [2.24, 2.45) is 23.7 Å². The molecule has 4 atom stereocenters. The number of hydrogen-bond acceptors (Lipinski definition) is 0.